The van der Waals surface area contributed by atoms with Crippen molar-refractivity contribution in [2.24, 2.45) is 0 Å². The maximum absolute atomic E-state index is 13.7. The van der Waals surface area contributed by atoms with Crippen LogP contribution in [0.4, 0.5) is 4.39 Å². The van der Waals surface area contributed by atoms with Crippen molar-refractivity contribution >= 4 is 22.8 Å². The molecule has 0 aliphatic heterocycles. The summed E-state index contributed by atoms with van der Waals surface area (Å²) in [6.45, 7) is 0.874. The van der Waals surface area contributed by atoms with Gasteiger partial charge in [-0.05, 0) is 13.0 Å². The molecule has 1 amide bonds. The number of carbonyl (C=O) groups is 2. The molecule has 1 N–H and O–H groups in total. The van der Waals surface area contributed by atoms with Crippen LogP contribution >= 0.6 is 0 Å². The summed E-state index contributed by atoms with van der Waals surface area (Å²) < 4.78 is 18.9. The van der Waals surface area contributed by atoms with Crippen molar-refractivity contribution in [1.82, 2.24) is 4.90 Å². The van der Waals surface area contributed by atoms with Crippen LogP contribution in [-0.4, -0.2) is 35.0 Å². The Morgan fingerprint density at radius 3 is 2.76 bits per heavy atom. The molecule has 1 heterocycles. The second-order valence-corrected chi connectivity index (χ2v) is 4.43. The summed E-state index contributed by atoms with van der Waals surface area (Å²) in [6.07, 6.45) is 5.13. The molecule has 0 radical (unpaired) electrons. The molecule has 1 aromatic carbocycles. The monoisotopic (exact) mass is 289 g/mol. The number of para-hydroxylation sites is 1. The maximum atomic E-state index is 13.7. The standard InChI is InChI=1S/C15H12FNO4/c1-3-7-17(8-12(18)19)15(20)13-9(2)10-5-4-6-11(16)14(10)21-13/h1,4-6H,7-8H2,2H3,(H,18,19). The van der Waals surface area contributed by atoms with E-state index in [9.17, 15) is 14.0 Å². The van der Waals surface area contributed by atoms with Gasteiger partial charge in [-0.15, -0.1) is 6.42 Å². The number of benzene rings is 1. The van der Waals surface area contributed by atoms with Gasteiger partial charge in [-0.2, -0.15) is 0 Å². The summed E-state index contributed by atoms with van der Waals surface area (Å²) in [5.41, 5.74) is 0.413. The highest BCUT2D eigenvalue weighted by Gasteiger charge is 2.25. The molecule has 0 aliphatic carbocycles. The molecule has 0 fully saturated rings. The molecule has 0 spiro atoms. The summed E-state index contributed by atoms with van der Waals surface area (Å²) >= 11 is 0. The van der Waals surface area contributed by atoms with Crippen molar-refractivity contribution in [3.63, 3.8) is 0 Å². The van der Waals surface area contributed by atoms with Crippen LogP contribution in [0.3, 0.4) is 0 Å². The molecule has 0 unspecified atom stereocenters. The van der Waals surface area contributed by atoms with Gasteiger partial charge in [0.15, 0.2) is 17.2 Å². The highest BCUT2D eigenvalue weighted by atomic mass is 19.1. The first-order valence-electron chi connectivity index (χ1n) is 6.07. The Balaban J connectivity index is 2.47. The van der Waals surface area contributed by atoms with E-state index in [0.29, 0.717) is 10.9 Å². The quantitative estimate of drug-likeness (QED) is 0.874. The number of fused-ring (bicyclic) bond motifs is 1. The highest BCUT2D eigenvalue weighted by molar-refractivity contribution is 6.00. The average molecular weight is 289 g/mol. The van der Waals surface area contributed by atoms with Gasteiger partial charge in [0.25, 0.3) is 5.91 Å². The van der Waals surface area contributed by atoms with Crippen LogP contribution < -0.4 is 0 Å². The lowest BCUT2D eigenvalue weighted by molar-refractivity contribution is -0.137. The summed E-state index contributed by atoms with van der Waals surface area (Å²) in [6, 6.07) is 4.34. The Morgan fingerprint density at radius 1 is 1.48 bits per heavy atom. The second kappa shape index (κ2) is 5.67. The molecule has 0 saturated carbocycles. The lowest BCUT2D eigenvalue weighted by Gasteiger charge is -2.16. The zero-order chi connectivity index (χ0) is 15.6. The first-order valence-corrected chi connectivity index (χ1v) is 6.07. The molecule has 0 bridgehead atoms. The number of amides is 1. The molecule has 0 saturated heterocycles. The zero-order valence-corrected chi connectivity index (χ0v) is 11.2. The van der Waals surface area contributed by atoms with Gasteiger partial charge >= 0.3 is 5.97 Å². The van der Waals surface area contributed by atoms with Gasteiger partial charge in [0.1, 0.15) is 6.54 Å². The van der Waals surface area contributed by atoms with Crippen LogP contribution in [0.25, 0.3) is 11.0 Å². The number of aryl methyl sites for hydroxylation is 1. The number of carboxylic acids is 1. The fraction of sp³-hybridized carbons (Fsp3) is 0.200. The van der Waals surface area contributed by atoms with Crippen LogP contribution in [0.15, 0.2) is 22.6 Å². The first-order chi connectivity index (χ1) is 9.95. The van der Waals surface area contributed by atoms with E-state index in [1.807, 2.05) is 0 Å². The number of rotatable bonds is 4. The van der Waals surface area contributed by atoms with Crippen molar-refractivity contribution in [3.8, 4) is 12.3 Å². The number of hydrogen-bond donors (Lipinski definition) is 1. The summed E-state index contributed by atoms with van der Waals surface area (Å²) in [7, 11) is 0. The fourth-order valence-electron chi connectivity index (χ4n) is 2.03. The van der Waals surface area contributed by atoms with Gasteiger partial charge in [0, 0.05) is 10.9 Å². The number of aliphatic carboxylic acids is 1. The van der Waals surface area contributed by atoms with E-state index >= 15 is 0 Å². The van der Waals surface area contributed by atoms with E-state index in [-0.39, 0.29) is 17.9 Å². The van der Waals surface area contributed by atoms with Gasteiger partial charge in [-0.1, -0.05) is 18.1 Å². The number of halogens is 1. The van der Waals surface area contributed by atoms with Crippen molar-refractivity contribution in [2.45, 2.75) is 6.92 Å². The van der Waals surface area contributed by atoms with E-state index in [1.165, 1.54) is 12.1 Å². The highest BCUT2D eigenvalue weighted by Crippen LogP contribution is 2.28. The Bertz CT molecular complexity index is 757. The van der Waals surface area contributed by atoms with Crippen molar-refractivity contribution < 1.29 is 23.5 Å². The normalized spacial score (nSPS) is 10.3. The average Bonchev–Trinajstić information content (AvgIpc) is 2.76. The molecule has 0 atom stereocenters. The lowest BCUT2D eigenvalue weighted by atomic mass is 10.1. The molecule has 2 aromatic rings. The van der Waals surface area contributed by atoms with E-state index in [2.05, 4.69) is 5.92 Å². The Morgan fingerprint density at radius 2 is 2.19 bits per heavy atom. The largest absolute Gasteiger partial charge is 0.480 e. The maximum Gasteiger partial charge on any atom is 0.323 e. The fourth-order valence-corrected chi connectivity index (χ4v) is 2.03. The van der Waals surface area contributed by atoms with Gasteiger partial charge in [-0.25, -0.2) is 4.39 Å². The van der Waals surface area contributed by atoms with Crippen molar-refractivity contribution in [1.29, 1.82) is 0 Å². The van der Waals surface area contributed by atoms with E-state index in [0.717, 1.165) is 4.90 Å². The molecular formula is C15H12FNO4. The minimum Gasteiger partial charge on any atom is -0.480 e. The topological polar surface area (TPSA) is 70.8 Å². The predicted octanol–water partition coefficient (Wildman–Crippen LogP) is 2.04. The lowest BCUT2D eigenvalue weighted by Crippen LogP contribution is -2.36. The molecule has 108 valence electrons. The molecule has 1 aromatic heterocycles. The van der Waals surface area contributed by atoms with Crippen molar-refractivity contribution in [3.05, 3.63) is 35.3 Å². The molecule has 6 heteroatoms. The van der Waals surface area contributed by atoms with Crippen LogP contribution in [0, 0.1) is 25.1 Å². The predicted molar refractivity (Wildman–Crippen MR) is 73.3 cm³/mol. The SMILES string of the molecule is C#CCN(CC(=O)O)C(=O)c1oc2c(F)cccc2c1C. The minimum atomic E-state index is -1.20. The van der Waals surface area contributed by atoms with E-state index in [1.54, 1.807) is 13.0 Å². The number of terminal acetylenes is 1. The molecule has 21 heavy (non-hydrogen) atoms. The summed E-state index contributed by atoms with van der Waals surface area (Å²) in [4.78, 5) is 24.1. The Labute approximate surface area is 120 Å². The van der Waals surface area contributed by atoms with Gasteiger partial charge in [-0.3, -0.25) is 9.59 Å². The Kier molecular flexibility index (Phi) is 3.94. The summed E-state index contributed by atoms with van der Waals surface area (Å²) in [5, 5.41) is 9.27. The first kappa shape index (κ1) is 14.6. The van der Waals surface area contributed by atoms with Crippen LogP contribution in [0.2, 0.25) is 0 Å². The van der Waals surface area contributed by atoms with E-state index < -0.39 is 24.2 Å². The Hall–Kier alpha value is -2.81. The van der Waals surface area contributed by atoms with Crippen molar-refractivity contribution in [2.75, 3.05) is 13.1 Å². The molecular weight excluding hydrogens is 277 g/mol. The van der Waals surface area contributed by atoms with E-state index in [4.69, 9.17) is 15.9 Å². The number of carbonyl (C=O) groups excluding carboxylic acids is 1. The van der Waals surface area contributed by atoms with Gasteiger partial charge in [0.2, 0.25) is 0 Å². The molecule has 5 nitrogen and oxygen atoms in total. The smallest absolute Gasteiger partial charge is 0.323 e. The van der Waals surface area contributed by atoms with Gasteiger partial charge < -0.3 is 14.4 Å². The van der Waals surface area contributed by atoms with Gasteiger partial charge in [0.05, 0.1) is 6.54 Å². The third-order valence-electron chi connectivity index (χ3n) is 3.01. The van der Waals surface area contributed by atoms with Crippen LogP contribution in [0.1, 0.15) is 16.1 Å². The molecule has 0 aliphatic rings. The number of furan rings is 1. The summed E-state index contributed by atoms with van der Waals surface area (Å²) in [5.74, 6) is -0.350. The third-order valence-corrected chi connectivity index (χ3v) is 3.01. The minimum absolute atomic E-state index is 0.0330. The number of nitrogens with zero attached hydrogens (tertiary/aromatic N) is 1. The van der Waals surface area contributed by atoms with Crippen LogP contribution in [-0.2, 0) is 4.79 Å². The number of carboxylic acid groups (broad SMARTS) is 1. The van der Waals surface area contributed by atoms with Crippen LogP contribution in [0.5, 0.6) is 0 Å². The molecule has 2 rings (SSSR count). The third kappa shape index (κ3) is 2.72. The zero-order valence-electron chi connectivity index (χ0n) is 11.2. The second-order valence-electron chi connectivity index (χ2n) is 4.43. The number of hydrogen-bond acceptors (Lipinski definition) is 3.